The lowest BCUT2D eigenvalue weighted by Gasteiger charge is -2.10. The van der Waals surface area contributed by atoms with Crippen molar-refractivity contribution in [3.8, 4) is 11.5 Å². The second-order valence-electron chi connectivity index (χ2n) is 4.03. The molecule has 0 saturated heterocycles. The van der Waals surface area contributed by atoms with Crippen LogP contribution in [0.5, 0.6) is 11.5 Å². The van der Waals surface area contributed by atoms with Crippen molar-refractivity contribution in [1.82, 2.24) is 0 Å². The molecule has 2 aromatic carbocycles. The van der Waals surface area contributed by atoms with E-state index in [0.717, 1.165) is 0 Å². The number of hydrogen-bond donors (Lipinski definition) is 2. The van der Waals surface area contributed by atoms with Crippen LogP contribution in [0, 0.1) is 0 Å². The minimum Gasteiger partial charge on any atom is -0.507 e. The van der Waals surface area contributed by atoms with E-state index in [0.29, 0.717) is 16.9 Å². The second-order valence-corrected chi connectivity index (χ2v) is 4.03. The molecule has 0 aliphatic carbocycles. The van der Waals surface area contributed by atoms with E-state index >= 15 is 0 Å². The molecule has 0 spiro atoms. The van der Waals surface area contributed by atoms with Crippen molar-refractivity contribution >= 4 is 5.78 Å². The van der Waals surface area contributed by atoms with Crippen LogP contribution in [0.15, 0.2) is 42.5 Å². The van der Waals surface area contributed by atoms with Crippen molar-refractivity contribution in [2.75, 3.05) is 7.11 Å². The largest absolute Gasteiger partial charge is 0.507 e. The molecule has 2 aromatic rings. The molecule has 0 aliphatic rings. The Kier molecular flexibility index (Phi) is 3.82. The van der Waals surface area contributed by atoms with Crippen molar-refractivity contribution < 1.29 is 19.7 Å². The second kappa shape index (κ2) is 5.54. The van der Waals surface area contributed by atoms with Gasteiger partial charge in [-0.05, 0) is 6.07 Å². The first-order chi connectivity index (χ1) is 9.17. The summed E-state index contributed by atoms with van der Waals surface area (Å²) in [6.07, 6.45) is 0. The van der Waals surface area contributed by atoms with Crippen molar-refractivity contribution in [2.45, 2.75) is 6.61 Å². The fourth-order valence-corrected chi connectivity index (χ4v) is 1.85. The van der Waals surface area contributed by atoms with E-state index in [-0.39, 0.29) is 23.7 Å². The Morgan fingerprint density at radius 3 is 2.47 bits per heavy atom. The van der Waals surface area contributed by atoms with Crippen LogP contribution in [-0.2, 0) is 6.61 Å². The Balaban J connectivity index is 2.48. The minimum absolute atomic E-state index is 0.149. The summed E-state index contributed by atoms with van der Waals surface area (Å²) in [5, 5.41) is 19.1. The van der Waals surface area contributed by atoms with Gasteiger partial charge in [-0.15, -0.1) is 0 Å². The number of phenols is 1. The van der Waals surface area contributed by atoms with Gasteiger partial charge in [-0.25, -0.2) is 0 Å². The number of hydrogen-bond acceptors (Lipinski definition) is 4. The summed E-state index contributed by atoms with van der Waals surface area (Å²) in [7, 11) is 1.44. The van der Waals surface area contributed by atoms with Crippen molar-refractivity contribution in [2.24, 2.45) is 0 Å². The van der Waals surface area contributed by atoms with Crippen LogP contribution >= 0.6 is 0 Å². The lowest BCUT2D eigenvalue weighted by molar-refractivity contribution is 0.103. The molecule has 4 heteroatoms. The van der Waals surface area contributed by atoms with Crippen LogP contribution in [0.3, 0.4) is 0 Å². The molecule has 2 N–H and O–H groups in total. The van der Waals surface area contributed by atoms with Crippen LogP contribution in [0.2, 0.25) is 0 Å². The van der Waals surface area contributed by atoms with E-state index in [2.05, 4.69) is 0 Å². The number of aromatic hydroxyl groups is 1. The Bertz CT molecular complexity index is 591. The first kappa shape index (κ1) is 13.1. The molecule has 98 valence electrons. The molecular formula is C15H14O4. The summed E-state index contributed by atoms with van der Waals surface area (Å²) in [6, 6.07) is 11.4. The zero-order valence-corrected chi connectivity index (χ0v) is 10.5. The standard InChI is InChI=1S/C15H14O4/c1-19-14-8-13(17)12(7-11(14)9-16)15(18)10-5-3-2-4-6-10/h2-8,16-17H,9H2,1H3. The van der Waals surface area contributed by atoms with E-state index < -0.39 is 0 Å². The normalized spacial score (nSPS) is 10.2. The van der Waals surface area contributed by atoms with E-state index in [1.807, 2.05) is 6.07 Å². The molecule has 2 rings (SSSR count). The maximum absolute atomic E-state index is 12.3. The summed E-state index contributed by atoms with van der Waals surface area (Å²) in [5.41, 5.74) is 1.09. The Morgan fingerprint density at radius 1 is 1.21 bits per heavy atom. The number of phenolic OH excluding ortho intramolecular Hbond substituents is 1. The highest BCUT2D eigenvalue weighted by Crippen LogP contribution is 2.29. The Morgan fingerprint density at radius 2 is 1.89 bits per heavy atom. The predicted octanol–water partition coefficient (Wildman–Crippen LogP) is 2.12. The van der Waals surface area contributed by atoms with E-state index in [1.54, 1.807) is 24.3 Å². The summed E-state index contributed by atoms with van der Waals surface area (Å²) in [4.78, 5) is 12.3. The van der Waals surface area contributed by atoms with Crippen LogP contribution < -0.4 is 4.74 Å². The molecule has 0 saturated carbocycles. The number of rotatable bonds is 4. The molecule has 0 heterocycles. The lowest BCUT2D eigenvalue weighted by atomic mass is 10.00. The molecular weight excluding hydrogens is 244 g/mol. The third-order valence-corrected chi connectivity index (χ3v) is 2.85. The van der Waals surface area contributed by atoms with Gasteiger partial charge in [0.05, 0.1) is 19.3 Å². The van der Waals surface area contributed by atoms with Gasteiger partial charge in [-0.2, -0.15) is 0 Å². The maximum atomic E-state index is 12.3. The first-order valence-corrected chi connectivity index (χ1v) is 5.78. The zero-order valence-electron chi connectivity index (χ0n) is 10.5. The number of carbonyl (C=O) groups excluding carboxylic acids is 1. The average molecular weight is 258 g/mol. The number of aliphatic hydroxyl groups excluding tert-OH is 1. The number of aliphatic hydroxyl groups is 1. The minimum atomic E-state index is -0.296. The molecule has 0 aromatic heterocycles. The molecule has 0 unspecified atom stereocenters. The number of carbonyl (C=O) groups is 1. The Hall–Kier alpha value is -2.33. The Labute approximate surface area is 110 Å². The summed E-state index contributed by atoms with van der Waals surface area (Å²) in [5.74, 6) is -0.108. The van der Waals surface area contributed by atoms with Crippen molar-refractivity contribution in [1.29, 1.82) is 0 Å². The first-order valence-electron chi connectivity index (χ1n) is 5.78. The van der Waals surface area contributed by atoms with Gasteiger partial charge in [0, 0.05) is 17.2 Å². The molecule has 0 atom stereocenters. The molecule has 0 bridgehead atoms. The number of benzene rings is 2. The summed E-state index contributed by atoms with van der Waals surface area (Å²) >= 11 is 0. The lowest BCUT2D eigenvalue weighted by Crippen LogP contribution is -2.04. The fourth-order valence-electron chi connectivity index (χ4n) is 1.85. The monoisotopic (exact) mass is 258 g/mol. The number of ketones is 1. The molecule has 19 heavy (non-hydrogen) atoms. The summed E-state index contributed by atoms with van der Waals surface area (Å²) < 4.78 is 5.03. The zero-order chi connectivity index (χ0) is 13.8. The summed E-state index contributed by atoms with van der Waals surface area (Å²) in [6.45, 7) is -0.265. The van der Waals surface area contributed by atoms with Gasteiger partial charge in [0.2, 0.25) is 0 Å². The molecule has 4 nitrogen and oxygen atoms in total. The van der Waals surface area contributed by atoms with Gasteiger partial charge < -0.3 is 14.9 Å². The van der Waals surface area contributed by atoms with Gasteiger partial charge in [0.25, 0.3) is 0 Å². The molecule has 0 fully saturated rings. The predicted molar refractivity (Wildman–Crippen MR) is 70.5 cm³/mol. The van der Waals surface area contributed by atoms with E-state index in [1.165, 1.54) is 19.2 Å². The van der Waals surface area contributed by atoms with Gasteiger partial charge in [-0.1, -0.05) is 30.3 Å². The van der Waals surface area contributed by atoms with Gasteiger partial charge >= 0.3 is 0 Å². The maximum Gasteiger partial charge on any atom is 0.196 e. The fraction of sp³-hybridized carbons (Fsp3) is 0.133. The van der Waals surface area contributed by atoms with Crippen LogP contribution in [0.4, 0.5) is 0 Å². The topological polar surface area (TPSA) is 66.8 Å². The van der Waals surface area contributed by atoms with Crippen LogP contribution in [0.1, 0.15) is 21.5 Å². The third-order valence-electron chi connectivity index (χ3n) is 2.85. The van der Waals surface area contributed by atoms with E-state index in [9.17, 15) is 15.0 Å². The smallest absolute Gasteiger partial charge is 0.196 e. The van der Waals surface area contributed by atoms with Gasteiger partial charge in [0.1, 0.15) is 11.5 Å². The van der Waals surface area contributed by atoms with Crippen molar-refractivity contribution in [3.63, 3.8) is 0 Å². The van der Waals surface area contributed by atoms with Gasteiger partial charge in [0.15, 0.2) is 5.78 Å². The molecule has 0 aliphatic heterocycles. The third kappa shape index (κ3) is 2.58. The number of methoxy groups -OCH3 is 1. The molecule has 0 radical (unpaired) electrons. The van der Waals surface area contributed by atoms with Crippen LogP contribution in [-0.4, -0.2) is 23.1 Å². The highest BCUT2D eigenvalue weighted by Gasteiger charge is 2.16. The van der Waals surface area contributed by atoms with Crippen molar-refractivity contribution in [3.05, 3.63) is 59.2 Å². The highest BCUT2D eigenvalue weighted by molar-refractivity contribution is 6.10. The quantitative estimate of drug-likeness (QED) is 0.824. The average Bonchev–Trinajstić information content (AvgIpc) is 2.47. The highest BCUT2D eigenvalue weighted by atomic mass is 16.5. The van der Waals surface area contributed by atoms with Gasteiger partial charge in [-0.3, -0.25) is 4.79 Å². The SMILES string of the molecule is COc1cc(O)c(C(=O)c2ccccc2)cc1CO. The van der Waals surface area contributed by atoms with Crippen LogP contribution in [0.25, 0.3) is 0 Å². The number of ether oxygens (including phenoxy) is 1. The molecule has 0 amide bonds. The van der Waals surface area contributed by atoms with E-state index in [4.69, 9.17) is 4.74 Å².